The van der Waals surface area contributed by atoms with Gasteiger partial charge in [-0.05, 0) is 35.7 Å². The first-order valence-corrected chi connectivity index (χ1v) is 10.8. The van der Waals surface area contributed by atoms with Crippen molar-refractivity contribution in [2.24, 2.45) is 0 Å². The molecule has 1 heterocycles. The van der Waals surface area contributed by atoms with Crippen molar-refractivity contribution < 1.29 is 8.42 Å². The summed E-state index contributed by atoms with van der Waals surface area (Å²) in [5.74, 6) is -0.0735. The number of sulfonamides is 1. The number of hydrogen-bond donors (Lipinski definition) is 1. The molecule has 0 aliphatic carbocycles. The summed E-state index contributed by atoms with van der Waals surface area (Å²) in [4.78, 5) is 4.35. The molecular weight excluding hydrogens is 358 g/mol. The molecule has 0 fully saturated rings. The highest BCUT2D eigenvalue weighted by molar-refractivity contribution is 7.89. The van der Waals surface area contributed by atoms with Gasteiger partial charge in [-0.25, -0.2) is 13.1 Å². The maximum atomic E-state index is 12.2. The Morgan fingerprint density at radius 3 is 2.56 bits per heavy atom. The summed E-state index contributed by atoms with van der Waals surface area (Å²) in [7, 11) is 0.647. The van der Waals surface area contributed by atoms with Crippen LogP contribution in [0.3, 0.4) is 0 Å². The van der Waals surface area contributed by atoms with E-state index in [0.717, 1.165) is 24.2 Å². The molecule has 1 N–H and O–H groups in total. The number of nitrogens with zero attached hydrogens (tertiary/aromatic N) is 2. The first-order chi connectivity index (χ1) is 12.9. The highest BCUT2D eigenvalue weighted by atomic mass is 32.2. The molecule has 2 aromatic rings. The zero-order valence-electron chi connectivity index (χ0n) is 15.9. The van der Waals surface area contributed by atoms with E-state index in [1.165, 1.54) is 17.3 Å². The number of para-hydroxylation sites is 1. The monoisotopic (exact) mass is 385 g/mol. The molecule has 1 aliphatic rings. The average Bonchev–Trinajstić information content (AvgIpc) is 3.06. The summed E-state index contributed by atoms with van der Waals surface area (Å²) in [6.45, 7) is 4.73. The molecule has 2 aromatic carbocycles. The van der Waals surface area contributed by atoms with E-state index >= 15 is 0 Å². The molecule has 0 amide bonds. The standard InChI is InChI=1S/C21H27N3O2S/c1-4-15-27(25,26)22-16-21(18-9-11-19(12-10-18)23(2)3)24-14-13-17-7-5-6-8-20(17)24/h4-12,21-22H,1,13-16H2,2-3H3/t21-/m0/s1. The summed E-state index contributed by atoms with van der Waals surface area (Å²) in [6.07, 6.45) is 2.39. The molecule has 0 radical (unpaired) electrons. The van der Waals surface area contributed by atoms with Crippen LogP contribution in [0.2, 0.25) is 0 Å². The van der Waals surface area contributed by atoms with Gasteiger partial charge in [0.1, 0.15) is 0 Å². The molecule has 1 aliphatic heterocycles. The Bertz CT molecular complexity index is 892. The van der Waals surface area contributed by atoms with Crippen LogP contribution in [0.5, 0.6) is 0 Å². The summed E-state index contributed by atoms with van der Waals surface area (Å²) in [5.41, 5.74) is 4.70. The third-order valence-electron chi connectivity index (χ3n) is 4.93. The average molecular weight is 386 g/mol. The normalized spacial score (nSPS) is 14.7. The molecule has 0 bridgehead atoms. The van der Waals surface area contributed by atoms with Gasteiger partial charge in [-0.15, -0.1) is 6.58 Å². The third kappa shape index (κ3) is 4.51. The van der Waals surface area contributed by atoms with E-state index in [9.17, 15) is 8.42 Å². The minimum atomic E-state index is -3.37. The minimum absolute atomic E-state index is 0.0653. The lowest BCUT2D eigenvalue weighted by molar-refractivity contribution is 0.565. The predicted molar refractivity (Wildman–Crippen MR) is 113 cm³/mol. The number of benzene rings is 2. The van der Waals surface area contributed by atoms with Crippen LogP contribution < -0.4 is 14.5 Å². The maximum absolute atomic E-state index is 12.2. The smallest absolute Gasteiger partial charge is 0.215 e. The van der Waals surface area contributed by atoms with Crippen molar-refractivity contribution in [3.05, 3.63) is 72.3 Å². The van der Waals surface area contributed by atoms with Crippen molar-refractivity contribution in [2.45, 2.75) is 12.5 Å². The number of hydrogen-bond acceptors (Lipinski definition) is 4. The number of anilines is 2. The molecule has 6 heteroatoms. The van der Waals surface area contributed by atoms with Crippen molar-refractivity contribution in [3.63, 3.8) is 0 Å². The van der Waals surface area contributed by atoms with E-state index in [1.54, 1.807) is 0 Å². The van der Waals surface area contributed by atoms with Crippen molar-refractivity contribution in [3.8, 4) is 0 Å². The van der Waals surface area contributed by atoms with E-state index < -0.39 is 10.0 Å². The summed E-state index contributed by atoms with van der Waals surface area (Å²) in [5, 5.41) is 0. The third-order valence-corrected chi connectivity index (χ3v) is 6.21. The lowest BCUT2D eigenvalue weighted by Crippen LogP contribution is -2.38. The summed E-state index contributed by atoms with van der Waals surface area (Å²) < 4.78 is 27.1. The Hall–Kier alpha value is -2.31. The van der Waals surface area contributed by atoms with Gasteiger partial charge in [0.25, 0.3) is 0 Å². The Morgan fingerprint density at radius 2 is 1.89 bits per heavy atom. The van der Waals surface area contributed by atoms with Gasteiger partial charge in [-0.2, -0.15) is 0 Å². The van der Waals surface area contributed by atoms with Crippen molar-refractivity contribution in [2.75, 3.05) is 42.7 Å². The quantitative estimate of drug-likeness (QED) is 0.710. The fourth-order valence-electron chi connectivity index (χ4n) is 3.51. The molecule has 0 unspecified atom stereocenters. The van der Waals surface area contributed by atoms with Gasteiger partial charge >= 0.3 is 0 Å². The van der Waals surface area contributed by atoms with Crippen molar-refractivity contribution >= 4 is 21.4 Å². The predicted octanol–water partition coefficient (Wildman–Crippen LogP) is 2.96. The SMILES string of the molecule is C=CCS(=O)(=O)NC[C@@H](c1ccc(N(C)C)cc1)N1CCc2ccccc21. The van der Waals surface area contributed by atoms with Gasteiger partial charge in [-0.1, -0.05) is 36.4 Å². The molecule has 3 rings (SSSR count). The summed E-state index contributed by atoms with van der Waals surface area (Å²) >= 11 is 0. The first-order valence-electron chi connectivity index (χ1n) is 9.11. The second kappa shape index (κ2) is 8.15. The fourth-order valence-corrected chi connectivity index (χ4v) is 4.35. The zero-order valence-corrected chi connectivity index (χ0v) is 16.7. The topological polar surface area (TPSA) is 52.7 Å². The van der Waals surface area contributed by atoms with E-state index in [0.29, 0.717) is 6.54 Å². The first kappa shape index (κ1) is 19.5. The lowest BCUT2D eigenvalue weighted by Gasteiger charge is -2.31. The maximum Gasteiger partial charge on any atom is 0.215 e. The molecule has 5 nitrogen and oxygen atoms in total. The largest absolute Gasteiger partial charge is 0.378 e. The number of rotatable bonds is 8. The van der Waals surface area contributed by atoms with Crippen LogP contribution in [0, 0.1) is 0 Å². The Labute approximate surface area is 162 Å². The van der Waals surface area contributed by atoms with E-state index in [1.807, 2.05) is 20.2 Å². The molecule has 27 heavy (non-hydrogen) atoms. The van der Waals surface area contributed by atoms with Crippen LogP contribution in [-0.4, -0.2) is 41.4 Å². The Balaban J connectivity index is 1.91. The highest BCUT2D eigenvalue weighted by Crippen LogP contribution is 2.35. The van der Waals surface area contributed by atoms with E-state index in [2.05, 4.69) is 63.6 Å². The van der Waals surface area contributed by atoms with Gasteiger partial charge in [-0.3, -0.25) is 0 Å². The second-order valence-corrected chi connectivity index (χ2v) is 8.84. The highest BCUT2D eigenvalue weighted by Gasteiger charge is 2.28. The van der Waals surface area contributed by atoms with Crippen LogP contribution >= 0.6 is 0 Å². The van der Waals surface area contributed by atoms with Gasteiger partial charge in [0.2, 0.25) is 10.0 Å². The van der Waals surface area contributed by atoms with E-state index in [-0.39, 0.29) is 11.8 Å². The van der Waals surface area contributed by atoms with Gasteiger partial charge < -0.3 is 9.80 Å². The van der Waals surface area contributed by atoms with Crippen LogP contribution in [0.25, 0.3) is 0 Å². The van der Waals surface area contributed by atoms with Gasteiger partial charge in [0.15, 0.2) is 0 Å². The molecule has 0 saturated carbocycles. The molecule has 1 atom stereocenters. The fraction of sp³-hybridized carbons (Fsp3) is 0.333. The minimum Gasteiger partial charge on any atom is -0.378 e. The van der Waals surface area contributed by atoms with Crippen molar-refractivity contribution in [1.29, 1.82) is 0 Å². The van der Waals surface area contributed by atoms with Crippen molar-refractivity contribution in [1.82, 2.24) is 4.72 Å². The van der Waals surface area contributed by atoms with E-state index in [4.69, 9.17) is 0 Å². The van der Waals surface area contributed by atoms with Crippen LogP contribution in [0.4, 0.5) is 11.4 Å². The molecule has 144 valence electrons. The number of fused-ring (bicyclic) bond motifs is 1. The number of nitrogens with one attached hydrogen (secondary N) is 1. The van der Waals surface area contributed by atoms with Crippen LogP contribution in [0.15, 0.2) is 61.2 Å². The zero-order chi connectivity index (χ0) is 19.4. The second-order valence-electron chi connectivity index (χ2n) is 6.99. The summed E-state index contributed by atoms with van der Waals surface area (Å²) in [6, 6.07) is 16.6. The van der Waals surface area contributed by atoms with Crippen LogP contribution in [0.1, 0.15) is 17.2 Å². The van der Waals surface area contributed by atoms with Gasteiger partial charge in [0.05, 0.1) is 11.8 Å². The van der Waals surface area contributed by atoms with Gasteiger partial charge in [0, 0.05) is 38.6 Å². The molecule has 0 spiro atoms. The Kier molecular flexibility index (Phi) is 5.87. The lowest BCUT2D eigenvalue weighted by atomic mass is 10.0. The molecular formula is C21H27N3O2S. The Morgan fingerprint density at radius 1 is 1.19 bits per heavy atom. The molecule has 0 aromatic heterocycles. The molecule has 0 saturated heterocycles. The van der Waals surface area contributed by atoms with Crippen LogP contribution in [-0.2, 0) is 16.4 Å².